The van der Waals surface area contributed by atoms with Crippen molar-refractivity contribution in [1.82, 2.24) is 10.2 Å². The molecule has 130 valence electrons. The second-order valence-electron chi connectivity index (χ2n) is 5.29. The predicted molar refractivity (Wildman–Crippen MR) is 111 cm³/mol. The summed E-state index contributed by atoms with van der Waals surface area (Å²) in [6, 6.07) is 8.18. The Bertz CT molecular complexity index is 498. The molecule has 6 heteroatoms. The highest BCUT2D eigenvalue weighted by molar-refractivity contribution is 14.0. The summed E-state index contributed by atoms with van der Waals surface area (Å²) in [5.41, 5.74) is 1.17. The largest absolute Gasteiger partial charge is 0.494 e. The van der Waals surface area contributed by atoms with Gasteiger partial charge in [0, 0.05) is 43.2 Å². The topological polar surface area (TPSA) is 36.9 Å². The molecular formula is C17H28IN3OS. The van der Waals surface area contributed by atoms with Crippen molar-refractivity contribution in [2.45, 2.75) is 32.1 Å². The van der Waals surface area contributed by atoms with Crippen molar-refractivity contribution in [1.29, 1.82) is 0 Å². The Hall–Kier alpha value is -0.630. The summed E-state index contributed by atoms with van der Waals surface area (Å²) in [6.45, 7) is 7.84. The van der Waals surface area contributed by atoms with Gasteiger partial charge < -0.3 is 15.0 Å². The number of aliphatic imine (C=N–C) groups is 1. The normalized spacial score (nSPS) is 18.3. The number of guanidine groups is 1. The first-order valence-electron chi connectivity index (χ1n) is 8.06. The van der Waals surface area contributed by atoms with E-state index in [1.54, 1.807) is 0 Å². The van der Waals surface area contributed by atoms with Crippen LogP contribution >= 0.6 is 35.7 Å². The van der Waals surface area contributed by atoms with Gasteiger partial charge in [-0.25, -0.2) is 0 Å². The minimum atomic E-state index is 0. The number of benzene rings is 1. The summed E-state index contributed by atoms with van der Waals surface area (Å²) in [4.78, 5) is 6.82. The molecule has 1 N–H and O–H groups in total. The SMILES string of the molecule is CCOc1ccccc1CNC(=NC)N1CCSC(CC)C1.I. The Morgan fingerprint density at radius 3 is 2.87 bits per heavy atom. The average Bonchev–Trinajstić information content (AvgIpc) is 2.57. The molecule has 1 aliphatic heterocycles. The summed E-state index contributed by atoms with van der Waals surface area (Å²) in [7, 11) is 1.86. The summed E-state index contributed by atoms with van der Waals surface area (Å²) in [6.07, 6.45) is 1.21. The molecular weight excluding hydrogens is 421 g/mol. The lowest BCUT2D eigenvalue weighted by Crippen LogP contribution is -2.47. The van der Waals surface area contributed by atoms with Gasteiger partial charge in [0.15, 0.2) is 5.96 Å². The Labute approximate surface area is 161 Å². The lowest BCUT2D eigenvalue weighted by Gasteiger charge is -2.34. The fourth-order valence-electron chi connectivity index (χ4n) is 2.61. The van der Waals surface area contributed by atoms with E-state index in [-0.39, 0.29) is 24.0 Å². The van der Waals surface area contributed by atoms with Crippen LogP contribution in [-0.4, -0.2) is 48.6 Å². The van der Waals surface area contributed by atoms with Crippen molar-refractivity contribution >= 4 is 41.7 Å². The molecule has 0 spiro atoms. The molecule has 1 aromatic carbocycles. The number of hydrogen-bond acceptors (Lipinski definition) is 3. The molecule has 1 unspecified atom stereocenters. The first kappa shape index (κ1) is 20.4. The van der Waals surface area contributed by atoms with Gasteiger partial charge in [0.2, 0.25) is 0 Å². The van der Waals surface area contributed by atoms with Crippen molar-refractivity contribution in [3.8, 4) is 5.75 Å². The lowest BCUT2D eigenvalue weighted by molar-refractivity contribution is 0.335. The molecule has 1 aliphatic rings. The molecule has 0 amide bonds. The standard InChI is InChI=1S/C17H27N3OS.HI/c1-4-15-13-20(10-11-22-15)17(18-3)19-12-14-8-6-7-9-16(14)21-5-2;/h6-9,15H,4-5,10-13H2,1-3H3,(H,18,19);1H. The summed E-state index contributed by atoms with van der Waals surface area (Å²) >= 11 is 2.07. The summed E-state index contributed by atoms with van der Waals surface area (Å²) < 4.78 is 5.69. The third-order valence-electron chi connectivity index (χ3n) is 3.81. The van der Waals surface area contributed by atoms with Crippen LogP contribution in [0.15, 0.2) is 29.3 Å². The van der Waals surface area contributed by atoms with E-state index in [2.05, 4.69) is 40.0 Å². The predicted octanol–water partition coefficient (Wildman–Crippen LogP) is 3.61. The molecule has 1 aromatic rings. The van der Waals surface area contributed by atoms with Crippen molar-refractivity contribution in [3.63, 3.8) is 0 Å². The van der Waals surface area contributed by atoms with Crippen molar-refractivity contribution in [2.75, 3.05) is 32.5 Å². The number of nitrogens with one attached hydrogen (secondary N) is 1. The fraction of sp³-hybridized carbons (Fsp3) is 0.588. The average molecular weight is 449 g/mol. The maximum Gasteiger partial charge on any atom is 0.193 e. The molecule has 0 bridgehead atoms. The molecule has 0 aromatic heterocycles. The van der Waals surface area contributed by atoms with E-state index in [0.29, 0.717) is 11.9 Å². The fourth-order valence-corrected chi connectivity index (χ4v) is 3.79. The first-order valence-corrected chi connectivity index (χ1v) is 9.11. The Balaban J connectivity index is 0.00000264. The second kappa shape index (κ2) is 11.0. The Kier molecular flexibility index (Phi) is 9.78. The zero-order chi connectivity index (χ0) is 15.8. The third kappa shape index (κ3) is 6.06. The molecule has 0 aliphatic carbocycles. The van der Waals surface area contributed by atoms with Crippen LogP contribution in [0.5, 0.6) is 5.75 Å². The molecule has 1 atom stereocenters. The molecule has 1 fully saturated rings. The highest BCUT2D eigenvalue weighted by Gasteiger charge is 2.21. The maximum atomic E-state index is 5.69. The van der Waals surface area contributed by atoms with Crippen molar-refractivity contribution < 1.29 is 4.74 Å². The van der Waals surface area contributed by atoms with Crippen LogP contribution in [0.3, 0.4) is 0 Å². The summed E-state index contributed by atoms with van der Waals surface area (Å²) in [5, 5.41) is 4.20. The van der Waals surface area contributed by atoms with Gasteiger partial charge in [-0.3, -0.25) is 4.99 Å². The minimum Gasteiger partial charge on any atom is -0.494 e. The molecule has 1 saturated heterocycles. The number of thioether (sulfide) groups is 1. The third-order valence-corrected chi connectivity index (χ3v) is 5.19. The first-order chi connectivity index (χ1) is 10.8. The van der Waals surface area contributed by atoms with Gasteiger partial charge in [-0.1, -0.05) is 25.1 Å². The van der Waals surface area contributed by atoms with Crippen LogP contribution < -0.4 is 10.1 Å². The number of rotatable bonds is 5. The van der Waals surface area contributed by atoms with E-state index >= 15 is 0 Å². The van der Waals surface area contributed by atoms with Crippen LogP contribution in [-0.2, 0) is 6.54 Å². The zero-order valence-corrected chi connectivity index (χ0v) is 17.4. The summed E-state index contributed by atoms with van der Waals surface area (Å²) in [5.74, 6) is 3.12. The van der Waals surface area contributed by atoms with Gasteiger partial charge in [0.25, 0.3) is 0 Å². The quantitative estimate of drug-likeness (QED) is 0.424. The molecule has 2 rings (SSSR count). The van der Waals surface area contributed by atoms with E-state index in [4.69, 9.17) is 4.74 Å². The Morgan fingerprint density at radius 1 is 1.39 bits per heavy atom. The number of nitrogens with zero attached hydrogens (tertiary/aromatic N) is 2. The van der Waals surface area contributed by atoms with E-state index in [0.717, 1.165) is 31.3 Å². The maximum absolute atomic E-state index is 5.69. The zero-order valence-electron chi connectivity index (χ0n) is 14.2. The molecule has 1 heterocycles. The van der Waals surface area contributed by atoms with Gasteiger partial charge in [-0.05, 0) is 19.4 Å². The van der Waals surface area contributed by atoms with Crippen LogP contribution in [0, 0.1) is 0 Å². The van der Waals surface area contributed by atoms with Gasteiger partial charge >= 0.3 is 0 Å². The monoisotopic (exact) mass is 449 g/mol. The Morgan fingerprint density at radius 2 is 2.17 bits per heavy atom. The van der Waals surface area contributed by atoms with Gasteiger partial charge in [-0.15, -0.1) is 24.0 Å². The van der Waals surface area contributed by atoms with Crippen molar-refractivity contribution in [3.05, 3.63) is 29.8 Å². The van der Waals surface area contributed by atoms with E-state index in [1.165, 1.54) is 17.7 Å². The van der Waals surface area contributed by atoms with E-state index < -0.39 is 0 Å². The van der Waals surface area contributed by atoms with Gasteiger partial charge in [0.05, 0.1) is 6.61 Å². The smallest absolute Gasteiger partial charge is 0.193 e. The number of hydrogen-bond donors (Lipinski definition) is 1. The van der Waals surface area contributed by atoms with E-state index in [9.17, 15) is 0 Å². The molecule has 0 radical (unpaired) electrons. The number of ether oxygens (including phenoxy) is 1. The van der Waals surface area contributed by atoms with Crippen molar-refractivity contribution in [2.24, 2.45) is 4.99 Å². The lowest BCUT2D eigenvalue weighted by atomic mass is 10.2. The van der Waals surface area contributed by atoms with Crippen LogP contribution in [0.25, 0.3) is 0 Å². The highest BCUT2D eigenvalue weighted by Crippen LogP contribution is 2.21. The van der Waals surface area contributed by atoms with Gasteiger partial charge in [-0.2, -0.15) is 11.8 Å². The van der Waals surface area contributed by atoms with Crippen LogP contribution in [0.1, 0.15) is 25.8 Å². The van der Waals surface area contributed by atoms with Gasteiger partial charge in [0.1, 0.15) is 5.75 Å². The number of halogens is 1. The van der Waals surface area contributed by atoms with E-state index in [1.807, 2.05) is 32.2 Å². The molecule has 0 saturated carbocycles. The highest BCUT2D eigenvalue weighted by atomic mass is 127. The minimum absolute atomic E-state index is 0. The second-order valence-corrected chi connectivity index (χ2v) is 6.70. The molecule has 23 heavy (non-hydrogen) atoms. The number of para-hydroxylation sites is 1. The van der Waals surface area contributed by atoms with Crippen LogP contribution in [0.2, 0.25) is 0 Å². The molecule has 4 nitrogen and oxygen atoms in total. The van der Waals surface area contributed by atoms with Crippen LogP contribution in [0.4, 0.5) is 0 Å².